The van der Waals surface area contributed by atoms with Crippen molar-refractivity contribution in [1.82, 2.24) is 4.89 Å². The van der Waals surface area contributed by atoms with Gasteiger partial charge in [-0.15, -0.1) is 11.3 Å². The van der Waals surface area contributed by atoms with Crippen LogP contribution in [0.15, 0.2) is 29.1 Å². The zero-order chi connectivity index (χ0) is 18.8. The highest BCUT2D eigenvalue weighted by atomic mass is 32.2. The van der Waals surface area contributed by atoms with Gasteiger partial charge in [-0.2, -0.15) is 8.42 Å². The third kappa shape index (κ3) is 3.18. The average Bonchev–Trinajstić information content (AvgIpc) is 2.58. The first kappa shape index (κ1) is 17.6. The summed E-state index contributed by atoms with van der Waals surface area (Å²) in [6, 6.07) is 6.68. The molecule has 0 radical (unpaired) electrons. The summed E-state index contributed by atoms with van der Waals surface area (Å²) in [5.74, 6) is 2.61. The Morgan fingerprint density at radius 1 is 1.07 bits per heavy atom. The molecule has 4 fully saturated rings. The third-order valence-corrected chi connectivity index (χ3v) is 8.16. The number of hydrogen-bond donors (Lipinski definition) is 2. The Balaban J connectivity index is 1.51. The molecule has 4 aliphatic rings. The van der Waals surface area contributed by atoms with E-state index in [1.807, 2.05) is 0 Å². The summed E-state index contributed by atoms with van der Waals surface area (Å²) in [6.45, 7) is 0. The van der Waals surface area contributed by atoms with Crippen LogP contribution in [0.4, 0.5) is 0 Å². The van der Waals surface area contributed by atoms with Gasteiger partial charge in [-0.05, 0) is 85.4 Å². The molecule has 4 saturated carbocycles. The first-order valence-corrected chi connectivity index (χ1v) is 11.5. The SMILES string of the molecule is O=c1cc(C23CC4CC(CC(C4)C2)C3)sc2ccc(ONS(=O)(=O)O)cc12. The Morgan fingerprint density at radius 2 is 1.70 bits per heavy atom. The molecule has 6 nitrogen and oxygen atoms in total. The lowest BCUT2D eigenvalue weighted by atomic mass is 9.49. The molecule has 0 amide bonds. The van der Waals surface area contributed by atoms with Gasteiger partial charge in [0.15, 0.2) is 5.43 Å². The minimum Gasteiger partial charge on any atom is -0.392 e. The fourth-order valence-corrected chi connectivity index (χ4v) is 7.45. The summed E-state index contributed by atoms with van der Waals surface area (Å²) in [7, 11) is -4.47. The van der Waals surface area contributed by atoms with Crippen molar-refractivity contribution in [3.8, 4) is 5.75 Å². The van der Waals surface area contributed by atoms with Gasteiger partial charge in [0.1, 0.15) is 5.75 Å². The van der Waals surface area contributed by atoms with Gasteiger partial charge in [-0.25, -0.2) is 0 Å². The van der Waals surface area contributed by atoms with E-state index in [9.17, 15) is 13.2 Å². The van der Waals surface area contributed by atoms with Gasteiger partial charge in [0, 0.05) is 20.4 Å². The van der Waals surface area contributed by atoms with Crippen LogP contribution in [0, 0.1) is 17.8 Å². The van der Waals surface area contributed by atoms with Crippen molar-refractivity contribution in [1.29, 1.82) is 0 Å². The second kappa shape index (κ2) is 6.01. The van der Waals surface area contributed by atoms with Crippen LogP contribution < -0.4 is 15.2 Å². The summed E-state index contributed by atoms with van der Waals surface area (Å²) in [5.41, 5.74) is 0.112. The molecule has 1 aromatic carbocycles. The van der Waals surface area contributed by atoms with E-state index in [1.54, 1.807) is 34.4 Å². The van der Waals surface area contributed by atoms with Crippen LogP contribution in [-0.4, -0.2) is 13.0 Å². The normalized spacial score (nSPS) is 32.1. The van der Waals surface area contributed by atoms with Crippen LogP contribution in [0.1, 0.15) is 43.4 Å². The van der Waals surface area contributed by atoms with Gasteiger partial charge < -0.3 is 4.84 Å². The maximum atomic E-state index is 12.8. The molecule has 0 saturated heterocycles. The minimum atomic E-state index is -4.47. The lowest BCUT2D eigenvalue weighted by Crippen LogP contribution is -2.48. The molecule has 0 spiro atoms. The molecule has 2 N–H and O–H groups in total. The second-order valence-corrected chi connectivity index (χ2v) is 10.7. The zero-order valence-electron chi connectivity index (χ0n) is 14.7. The van der Waals surface area contributed by atoms with Crippen molar-refractivity contribution in [2.75, 3.05) is 0 Å². The highest BCUT2D eigenvalue weighted by Crippen LogP contribution is 2.61. The van der Waals surface area contributed by atoms with Crippen LogP contribution in [0.5, 0.6) is 5.75 Å². The maximum Gasteiger partial charge on any atom is 0.364 e. The molecule has 144 valence electrons. The summed E-state index contributed by atoms with van der Waals surface area (Å²) >= 11 is 1.68. The molecule has 0 unspecified atom stereocenters. The van der Waals surface area contributed by atoms with E-state index in [2.05, 4.69) is 0 Å². The Kier molecular flexibility index (Phi) is 3.92. The van der Waals surface area contributed by atoms with E-state index < -0.39 is 10.3 Å². The lowest BCUT2D eigenvalue weighted by molar-refractivity contribution is -0.00354. The number of fused-ring (bicyclic) bond motifs is 1. The number of nitrogens with one attached hydrogen (secondary N) is 1. The fourth-order valence-electron chi connectivity index (χ4n) is 5.97. The molecule has 27 heavy (non-hydrogen) atoms. The van der Waals surface area contributed by atoms with Crippen molar-refractivity contribution in [3.63, 3.8) is 0 Å². The van der Waals surface area contributed by atoms with Crippen molar-refractivity contribution < 1.29 is 17.8 Å². The molecule has 0 aliphatic heterocycles. The molecule has 6 rings (SSSR count). The third-order valence-electron chi connectivity index (χ3n) is 6.52. The monoisotopic (exact) mass is 407 g/mol. The Hall–Kier alpha value is -1.48. The second-order valence-electron chi connectivity index (χ2n) is 8.49. The lowest BCUT2D eigenvalue weighted by Gasteiger charge is -2.56. The molecular formula is C19H21NO5S2. The Labute approximate surface area is 161 Å². The molecule has 0 atom stereocenters. The van der Waals surface area contributed by atoms with Crippen molar-refractivity contribution in [2.24, 2.45) is 17.8 Å². The van der Waals surface area contributed by atoms with E-state index in [0.717, 1.165) is 22.5 Å². The molecule has 1 heterocycles. The summed E-state index contributed by atoms with van der Waals surface area (Å²) < 4.78 is 31.1. The van der Waals surface area contributed by atoms with Gasteiger partial charge in [0.05, 0.1) is 0 Å². The van der Waals surface area contributed by atoms with Gasteiger partial charge in [0.25, 0.3) is 0 Å². The van der Waals surface area contributed by atoms with Gasteiger partial charge in [-0.3, -0.25) is 9.35 Å². The molecule has 4 bridgehead atoms. The van der Waals surface area contributed by atoms with Crippen molar-refractivity contribution in [2.45, 2.75) is 43.9 Å². The van der Waals surface area contributed by atoms with Crippen molar-refractivity contribution >= 4 is 31.7 Å². The Morgan fingerprint density at radius 3 is 2.30 bits per heavy atom. The minimum absolute atomic E-state index is 0.0631. The maximum absolute atomic E-state index is 12.8. The molecular weight excluding hydrogens is 386 g/mol. The van der Waals surface area contributed by atoms with E-state index >= 15 is 0 Å². The van der Waals surface area contributed by atoms with E-state index in [-0.39, 0.29) is 16.6 Å². The van der Waals surface area contributed by atoms with E-state index in [1.165, 1.54) is 49.5 Å². The van der Waals surface area contributed by atoms with E-state index in [0.29, 0.717) is 5.39 Å². The standard InChI is InChI=1S/C19H21NO5S2/c21-16-7-18(19-8-11-3-12(9-19)5-13(4-11)10-19)26-17-2-1-14(6-15(16)17)25-20-27(22,23)24/h1-2,6-7,11-13,20H,3-5,8-10H2,(H,22,23,24). The average molecular weight is 408 g/mol. The summed E-state index contributed by atoms with van der Waals surface area (Å²) in [4.78, 5) is 20.4. The van der Waals surface area contributed by atoms with Crippen LogP contribution in [-0.2, 0) is 15.7 Å². The predicted octanol–water partition coefficient (Wildman–Crippen LogP) is 3.42. The number of hydrogen-bond acceptors (Lipinski definition) is 5. The van der Waals surface area contributed by atoms with Crippen LogP contribution in [0.3, 0.4) is 0 Å². The molecule has 2 aromatic rings. The van der Waals surface area contributed by atoms with Gasteiger partial charge in [0.2, 0.25) is 0 Å². The first-order valence-electron chi connectivity index (χ1n) is 9.29. The van der Waals surface area contributed by atoms with Gasteiger partial charge in [-0.1, -0.05) is 0 Å². The van der Waals surface area contributed by atoms with Crippen LogP contribution in [0.2, 0.25) is 0 Å². The van der Waals surface area contributed by atoms with Gasteiger partial charge >= 0.3 is 10.3 Å². The van der Waals surface area contributed by atoms with Crippen LogP contribution in [0.25, 0.3) is 10.1 Å². The first-order chi connectivity index (χ1) is 12.8. The predicted molar refractivity (Wildman–Crippen MR) is 103 cm³/mol. The van der Waals surface area contributed by atoms with E-state index in [4.69, 9.17) is 9.39 Å². The Bertz CT molecular complexity index is 1040. The fraction of sp³-hybridized carbons (Fsp3) is 0.526. The number of rotatable bonds is 4. The highest BCUT2D eigenvalue weighted by molar-refractivity contribution is 7.83. The highest BCUT2D eigenvalue weighted by Gasteiger charge is 2.52. The summed E-state index contributed by atoms with van der Waals surface area (Å²) in [6.07, 6.45) is 7.72. The largest absolute Gasteiger partial charge is 0.392 e. The molecule has 8 heteroatoms. The summed E-state index contributed by atoms with van der Waals surface area (Å²) in [5, 5.41) is 0.503. The smallest absolute Gasteiger partial charge is 0.364 e. The zero-order valence-corrected chi connectivity index (χ0v) is 16.3. The van der Waals surface area contributed by atoms with Crippen molar-refractivity contribution in [3.05, 3.63) is 39.4 Å². The topological polar surface area (TPSA) is 92.7 Å². The van der Waals surface area contributed by atoms with Crippen LogP contribution >= 0.6 is 11.3 Å². The quantitative estimate of drug-likeness (QED) is 0.598. The number of benzene rings is 1. The molecule has 4 aliphatic carbocycles. The molecule has 1 aromatic heterocycles.